The van der Waals surface area contributed by atoms with Crippen molar-refractivity contribution < 1.29 is 9.59 Å². The Hall–Kier alpha value is -3.71. The first-order valence-electron chi connectivity index (χ1n) is 11.4. The molecule has 7 heteroatoms. The van der Waals surface area contributed by atoms with Gasteiger partial charge in [0.15, 0.2) is 0 Å². The van der Waals surface area contributed by atoms with Crippen molar-refractivity contribution in [2.45, 2.75) is 26.7 Å². The number of rotatable bonds is 11. The summed E-state index contributed by atoms with van der Waals surface area (Å²) in [6, 6.07) is 20.6. The Morgan fingerprint density at radius 3 is 2.26 bits per heavy atom. The Morgan fingerprint density at radius 1 is 0.941 bits per heavy atom. The zero-order chi connectivity index (χ0) is 24.2. The number of anilines is 1. The van der Waals surface area contributed by atoms with Gasteiger partial charge in [0.05, 0.1) is 6.21 Å². The van der Waals surface area contributed by atoms with Crippen molar-refractivity contribution in [3.63, 3.8) is 0 Å². The lowest BCUT2D eigenvalue weighted by molar-refractivity contribution is -0.117. The molecular formula is C27H30N4O2S. The Balaban J connectivity index is 1.67. The molecule has 34 heavy (non-hydrogen) atoms. The normalized spacial score (nSPS) is 11.4. The maximum Gasteiger partial charge on any atom is 0.287 e. The highest BCUT2D eigenvalue weighted by Crippen LogP contribution is 2.16. The molecule has 1 aromatic heterocycles. The van der Waals surface area contributed by atoms with Gasteiger partial charge in [0.2, 0.25) is 0 Å². The molecule has 0 aliphatic carbocycles. The quantitative estimate of drug-likeness (QED) is 0.225. The third-order valence-electron chi connectivity index (χ3n) is 4.98. The fourth-order valence-electron chi connectivity index (χ4n) is 3.36. The van der Waals surface area contributed by atoms with Crippen molar-refractivity contribution in [2.75, 3.05) is 18.0 Å². The summed E-state index contributed by atoms with van der Waals surface area (Å²) in [5.74, 6) is -0.857. The van der Waals surface area contributed by atoms with Crippen LogP contribution in [0.25, 0.3) is 6.08 Å². The van der Waals surface area contributed by atoms with Crippen LogP contribution in [0, 0.1) is 0 Å². The molecule has 1 heterocycles. The van der Waals surface area contributed by atoms with Crippen LogP contribution in [0.2, 0.25) is 0 Å². The van der Waals surface area contributed by atoms with E-state index in [1.807, 2.05) is 35.7 Å². The summed E-state index contributed by atoms with van der Waals surface area (Å²) < 4.78 is 0. The molecule has 0 aliphatic rings. The Morgan fingerprint density at radius 2 is 1.65 bits per heavy atom. The van der Waals surface area contributed by atoms with Crippen LogP contribution < -0.4 is 15.6 Å². The summed E-state index contributed by atoms with van der Waals surface area (Å²) >= 11 is 1.47. The highest BCUT2D eigenvalue weighted by atomic mass is 32.1. The van der Waals surface area contributed by atoms with Crippen LogP contribution in [-0.2, 0) is 4.79 Å². The highest BCUT2D eigenvalue weighted by molar-refractivity contribution is 7.10. The molecule has 0 spiro atoms. The molecule has 0 unspecified atom stereocenters. The van der Waals surface area contributed by atoms with Crippen LogP contribution in [0.1, 0.15) is 47.5 Å². The van der Waals surface area contributed by atoms with E-state index in [9.17, 15) is 9.59 Å². The largest absolute Gasteiger partial charge is 0.372 e. The number of benzene rings is 2. The van der Waals surface area contributed by atoms with Gasteiger partial charge in [-0.05, 0) is 60.2 Å². The zero-order valence-corrected chi connectivity index (χ0v) is 20.3. The van der Waals surface area contributed by atoms with Crippen LogP contribution in [-0.4, -0.2) is 31.1 Å². The molecule has 0 fully saturated rings. The number of carbonyl (C=O) groups is 2. The van der Waals surface area contributed by atoms with Gasteiger partial charge in [0, 0.05) is 29.2 Å². The van der Waals surface area contributed by atoms with Crippen LogP contribution in [0.4, 0.5) is 5.69 Å². The van der Waals surface area contributed by atoms with Crippen molar-refractivity contribution in [3.05, 3.63) is 93.8 Å². The van der Waals surface area contributed by atoms with Crippen LogP contribution in [0.3, 0.4) is 0 Å². The molecule has 0 saturated carbocycles. The summed E-state index contributed by atoms with van der Waals surface area (Å²) in [6.45, 7) is 6.39. The van der Waals surface area contributed by atoms with Crippen molar-refractivity contribution in [1.29, 1.82) is 0 Å². The lowest BCUT2D eigenvalue weighted by Gasteiger charge is -2.23. The van der Waals surface area contributed by atoms with Gasteiger partial charge in [0.1, 0.15) is 5.70 Å². The van der Waals surface area contributed by atoms with Crippen molar-refractivity contribution in [2.24, 2.45) is 5.10 Å². The maximum atomic E-state index is 12.8. The van der Waals surface area contributed by atoms with Gasteiger partial charge in [-0.1, -0.05) is 50.2 Å². The molecule has 0 aliphatic heterocycles. The fourth-order valence-corrected chi connectivity index (χ4v) is 4.02. The third-order valence-corrected chi connectivity index (χ3v) is 5.80. The van der Waals surface area contributed by atoms with E-state index >= 15 is 0 Å². The van der Waals surface area contributed by atoms with E-state index in [4.69, 9.17) is 0 Å². The average Bonchev–Trinajstić information content (AvgIpc) is 3.37. The second-order valence-corrected chi connectivity index (χ2v) is 8.65. The number of nitrogens with one attached hydrogen (secondary N) is 2. The van der Waals surface area contributed by atoms with Gasteiger partial charge in [-0.15, -0.1) is 11.3 Å². The molecule has 0 radical (unpaired) electrons. The van der Waals surface area contributed by atoms with Crippen molar-refractivity contribution >= 4 is 41.1 Å². The lowest BCUT2D eigenvalue weighted by Crippen LogP contribution is -2.32. The van der Waals surface area contributed by atoms with E-state index in [0.717, 1.165) is 36.4 Å². The van der Waals surface area contributed by atoms with Gasteiger partial charge in [-0.2, -0.15) is 5.10 Å². The SMILES string of the molecule is CCCN(CCC)c1ccc(C=NNC(=O)C(=Cc2cccs2)NC(=O)c2ccccc2)cc1. The molecule has 3 aromatic rings. The van der Waals surface area contributed by atoms with E-state index in [2.05, 4.69) is 46.7 Å². The minimum Gasteiger partial charge on any atom is -0.372 e. The smallest absolute Gasteiger partial charge is 0.287 e. The number of nitrogens with zero attached hydrogens (tertiary/aromatic N) is 2. The van der Waals surface area contributed by atoms with Crippen LogP contribution in [0.5, 0.6) is 0 Å². The van der Waals surface area contributed by atoms with E-state index < -0.39 is 5.91 Å². The van der Waals surface area contributed by atoms with E-state index in [1.165, 1.54) is 17.0 Å². The fraction of sp³-hybridized carbons (Fsp3) is 0.222. The summed E-state index contributed by atoms with van der Waals surface area (Å²) in [7, 11) is 0. The lowest BCUT2D eigenvalue weighted by atomic mass is 10.2. The third kappa shape index (κ3) is 7.42. The number of carbonyl (C=O) groups excluding carboxylic acids is 2. The number of hydrazone groups is 1. The van der Waals surface area contributed by atoms with E-state index in [1.54, 1.807) is 36.6 Å². The molecule has 2 N–H and O–H groups in total. The minimum absolute atomic E-state index is 0.124. The maximum absolute atomic E-state index is 12.8. The van der Waals surface area contributed by atoms with Crippen molar-refractivity contribution in [3.8, 4) is 0 Å². The topological polar surface area (TPSA) is 73.8 Å². The summed E-state index contributed by atoms with van der Waals surface area (Å²) in [5.41, 5.74) is 5.16. The Kier molecular flexibility index (Phi) is 9.61. The zero-order valence-electron chi connectivity index (χ0n) is 19.5. The van der Waals surface area contributed by atoms with Gasteiger partial charge in [-0.25, -0.2) is 5.43 Å². The predicted molar refractivity (Wildman–Crippen MR) is 141 cm³/mol. The molecule has 176 valence electrons. The first kappa shape index (κ1) is 24.9. The first-order valence-corrected chi connectivity index (χ1v) is 12.3. The molecular weight excluding hydrogens is 444 g/mol. The average molecular weight is 475 g/mol. The standard InChI is InChI=1S/C27H30N4O2S/c1-3-16-31(17-4-2)23-14-12-21(13-15-23)20-28-30-27(33)25(19-24-11-8-18-34-24)29-26(32)22-9-6-5-7-10-22/h5-15,18-20H,3-4,16-17H2,1-2H3,(H,29,32)(H,30,33). The molecule has 2 amide bonds. The Bertz CT molecular complexity index is 1100. The summed E-state index contributed by atoms with van der Waals surface area (Å²) in [5, 5.41) is 8.70. The number of amides is 2. The minimum atomic E-state index is -0.498. The number of hydrogen-bond donors (Lipinski definition) is 2. The first-order chi connectivity index (χ1) is 16.6. The molecule has 0 atom stereocenters. The molecule has 6 nitrogen and oxygen atoms in total. The van der Waals surface area contributed by atoms with E-state index in [0.29, 0.717) is 5.56 Å². The second-order valence-electron chi connectivity index (χ2n) is 7.67. The predicted octanol–water partition coefficient (Wildman–Crippen LogP) is 5.30. The van der Waals surface area contributed by atoms with Gasteiger partial charge < -0.3 is 10.2 Å². The van der Waals surface area contributed by atoms with E-state index in [-0.39, 0.29) is 11.6 Å². The van der Waals surface area contributed by atoms with Gasteiger partial charge in [0.25, 0.3) is 11.8 Å². The highest BCUT2D eigenvalue weighted by Gasteiger charge is 2.14. The number of thiophene rings is 1. The van der Waals surface area contributed by atoms with Crippen LogP contribution in [0.15, 0.2) is 82.9 Å². The molecule has 0 bridgehead atoms. The summed E-state index contributed by atoms with van der Waals surface area (Å²) in [4.78, 5) is 28.6. The second kappa shape index (κ2) is 13.1. The monoisotopic (exact) mass is 474 g/mol. The Labute approximate surface area is 205 Å². The van der Waals surface area contributed by atoms with Crippen LogP contribution >= 0.6 is 11.3 Å². The molecule has 2 aromatic carbocycles. The molecule has 3 rings (SSSR count). The van der Waals surface area contributed by atoms with Gasteiger partial charge in [-0.3, -0.25) is 9.59 Å². The number of hydrogen-bond acceptors (Lipinski definition) is 5. The molecule has 0 saturated heterocycles. The van der Waals surface area contributed by atoms with Crippen molar-refractivity contribution in [1.82, 2.24) is 10.7 Å². The van der Waals surface area contributed by atoms with Gasteiger partial charge >= 0.3 is 0 Å². The summed E-state index contributed by atoms with van der Waals surface area (Å²) in [6.07, 6.45) is 5.42.